The molecule has 1 rings (SSSR count). The maximum atomic E-state index is 12.3. The fourth-order valence-corrected chi connectivity index (χ4v) is 1.32. The van der Waals surface area contributed by atoms with Crippen molar-refractivity contribution in [1.82, 2.24) is 4.98 Å². The minimum absolute atomic E-state index is 0.511. The molecule has 0 fully saturated rings. The molecule has 5 nitrogen and oxygen atoms in total. The van der Waals surface area contributed by atoms with Crippen LogP contribution < -0.4 is 5.32 Å². The van der Waals surface area contributed by atoms with Crippen molar-refractivity contribution in [3.05, 3.63) is 24.0 Å². The van der Waals surface area contributed by atoms with Gasteiger partial charge in [0.2, 0.25) is 11.8 Å². The van der Waals surface area contributed by atoms with Crippen LogP contribution in [0.5, 0.6) is 0 Å². The number of pyridine rings is 1. The van der Waals surface area contributed by atoms with E-state index in [1.807, 2.05) is 0 Å². The van der Waals surface area contributed by atoms with E-state index < -0.39 is 41.4 Å². The molecule has 0 aromatic carbocycles. The average molecular weight is 316 g/mol. The Labute approximate surface area is 112 Å². The number of carbonyl (C=O) groups is 2. The van der Waals surface area contributed by atoms with Crippen molar-refractivity contribution in [2.45, 2.75) is 12.4 Å². The molecule has 1 heterocycles. The maximum Gasteiger partial charge on any atom is 0.409 e. The van der Waals surface area contributed by atoms with E-state index in [2.05, 4.69) is 4.98 Å². The van der Waals surface area contributed by atoms with Gasteiger partial charge in [-0.15, -0.1) is 0 Å². The molecule has 0 aliphatic rings. The summed E-state index contributed by atoms with van der Waals surface area (Å²) in [7, 11) is 0. The second-order valence-electron chi connectivity index (χ2n) is 3.77. The average Bonchev–Trinajstić information content (AvgIpc) is 2.24. The number of nitrogens with one attached hydrogen (secondary N) is 1. The molecule has 2 N–H and O–H groups in total. The zero-order chi connectivity index (χ0) is 16.4. The van der Waals surface area contributed by atoms with Crippen LogP contribution in [0.1, 0.15) is 10.4 Å². The lowest BCUT2D eigenvalue weighted by Crippen LogP contribution is -2.45. The monoisotopic (exact) mass is 316 g/mol. The fraction of sp³-hybridized carbons (Fsp3) is 0.300. The first-order valence-electron chi connectivity index (χ1n) is 5.05. The van der Waals surface area contributed by atoms with E-state index in [0.29, 0.717) is 12.3 Å². The van der Waals surface area contributed by atoms with Gasteiger partial charge in [0, 0.05) is 6.20 Å². The van der Waals surface area contributed by atoms with Crippen LogP contribution in [0.4, 0.5) is 32.0 Å². The second-order valence-corrected chi connectivity index (χ2v) is 3.77. The molecule has 0 saturated carbocycles. The third-order valence-corrected chi connectivity index (χ3v) is 2.17. The number of hydrogen-bond acceptors (Lipinski definition) is 3. The summed E-state index contributed by atoms with van der Waals surface area (Å²) < 4.78 is 73.7. The number of carboxylic acids is 1. The summed E-state index contributed by atoms with van der Waals surface area (Å²) >= 11 is 0. The summed E-state index contributed by atoms with van der Waals surface area (Å²) in [5.74, 6) is -8.11. The Morgan fingerprint density at radius 2 is 1.62 bits per heavy atom. The lowest BCUT2D eigenvalue weighted by atomic mass is 10.1. The van der Waals surface area contributed by atoms with Crippen molar-refractivity contribution >= 4 is 17.6 Å². The van der Waals surface area contributed by atoms with Gasteiger partial charge in [-0.1, -0.05) is 0 Å². The van der Waals surface area contributed by atoms with E-state index in [-0.39, 0.29) is 0 Å². The van der Waals surface area contributed by atoms with Crippen molar-refractivity contribution in [3.8, 4) is 0 Å². The van der Waals surface area contributed by atoms with Crippen LogP contribution in [0.2, 0.25) is 0 Å². The fourth-order valence-electron chi connectivity index (χ4n) is 1.32. The molecule has 1 aromatic rings. The Morgan fingerprint density at radius 1 is 1.10 bits per heavy atom. The summed E-state index contributed by atoms with van der Waals surface area (Å²) in [4.78, 5) is 25.0. The molecule has 1 amide bonds. The van der Waals surface area contributed by atoms with E-state index in [0.717, 1.165) is 6.20 Å². The summed E-state index contributed by atoms with van der Waals surface area (Å²) in [5, 5.41) is 9.94. The number of rotatable bonds is 3. The largest absolute Gasteiger partial charge is 0.478 e. The smallest absolute Gasteiger partial charge is 0.409 e. The molecule has 0 saturated heterocycles. The lowest BCUT2D eigenvalue weighted by molar-refractivity contribution is -0.272. The van der Waals surface area contributed by atoms with Gasteiger partial charge in [-0.05, 0) is 6.07 Å². The zero-order valence-electron chi connectivity index (χ0n) is 9.79. The van der Waals surface area contributed by atoms with E-state index in [9.17, 15) is 35.9 Å². The molecule has 0 radical (unpaired) electrons. The van der Waals surface area contributed by atoms with E-state index in [1.165, 1.54) is 5.32 Å². The first-order chi connectivity index (χ1) is 9.43. The highest BCUT2D eigenvalue weighted by Crippen LogP contribution is 2.39. The molecule has 0 unspecified atom stereocenters. The molecule has 11 heteroatoms. The Bertz CT molecular complexity index is 540. The van der Waals surface area contributed by atoms with Crippen LogP contribution in [0, 0.1) is 5.92 Å². The topological polar surface area (TPSA) is 79.3 Å². The number of hydrogen-bond donors (Lipinski definition) is 2. The molecule has 0 spiro atoms. The Balaban J connectivity index is 3.03. The predicted octanol–water partition coefficient (Wildman–Crippen LogP) is 2.46. The number of nitrogens with zero attached hydrogens (tertiary/aromatic N) is 1. The predicted molar refractivity (Wildman–Crippen MR) is 55.4 cm³/mol. The summed E-state index contributed by atoms with van der Waals surface area (Å²) in [6, 6.07) is 0.678. The normalized spacial score (nSPS) is 12.3. The third kappa shape index (κ3) is 4.33. The van der Waals surface area contributed by atoms with Crippen LogP contribution in [0.3, 0.4) is 0 Å². The highest BCUT2D eigenvalue weighted by Gasteiger charge is 2.61. The number of carbonyl (C=O) groups excluding carboxylic acids is 1. The number of alkyl halides is 6. The molecule has 0 atom stereocenters. The summed E-state index contributed by atoms with van der Waals surface area (Å²) in [6.07, 6.45) is -10.1. The molecule has 0 bridgehead atoms. The number of amides is 1. The van der Waals surface area contributed by atoms with Crippen molar-refractivity contribution in [2.24, 2.45) is 5.92 Å². The van der Waals surface area contributed by atoms with Crippen LogP contribution in [-0.4, -0.2) is 34.3 Å². The number of aromatic carboxylic acids is 1. The van der Waals surface area contributed by atoms with Gasteiger partial charge in [0.05, 0.1) is 17.4 Å². The SMILES string of the molecule is O=C(O)c1cncc(NC(=O)C(C(F)(F)F)C(F)(F)F)c1. The van der Waals surface area contributed by atoms with E-state index in [1.54, 1.807) is 0 Å². The standard InChI is InChI=1S/C10H6F6N2O3/c11-9(12,13)6(10(14,15)16)7(19)18-5-1-4(8(20)21)2-17-3-5/h1-3,6H,(H,18,19)(H,20,21). The van der Waals surface area contributed by atoms with E-state index >= 15 is 0 Å². The second kappa shape index (κ2) is 5.58. The van der Waals surface area contributed by atoms with Crippen molar-refractivity contribution in [3.63, 3.8) is 0 Å². The molecule has 0 aliphatic carbocycles. The van der Waals surface area contributed by atoms with Gasteiger partial charge >= 0.3 is 18.3 Å². The minimum atomic E-state index is -5.83. The van der Waals surface area contributed by atoms with Crippen LogP contribution >= 0.6 is 0 Å². The van der Waals surface area contributed by atoms with Crippen molar-refractivity contribution < 1.29 is 41.0 Å². The van der Waals surface area contributed by atoms with Crippen molar-refractivity contribution in [2.75, 3.05) is 5.32 Å². The number of carboxylic acid groups (broad SMARTS) is 1. The number of anilines is 1. The van der Waals surface area contributed by atoms with Crippen molar-refractivity contribution in [1.29, 1.82) is 0 Å². The highest BCUT2D eigenvalue weighted by molar-refractivity contribution is 5.95. The first kappa shape index (κ1) is 16.7. The number of halogens is 6. The Hall–Kier alpha value is -2.33. The molecular weight excluding hydrogens is 310 g/mol. The molecule has 1 aromatic heterocycles. The first-order valence-corrected chi connectivity index (χ1v) is 5.05. The van der Waals surface area contributed by atoms with Gasteiger partial charge in [-0.2, -0.15) is 26.3 Å². The van der Waals surface area contributed by atoms with Gasteiger partial charge in [-0.3, -0.25) is 9.78 Å². The minimum Gasteiger partial charge on any atom is -0.478 e. The molecule has 0 aliphatic heterocycles. The van der Waals surface area contributed by atoms with E-state index in [4.69, 9.17) is 5.11 Å². The van der Waals surface area contributed by atoms with Crippen LogP contribution in [0.15, 0.2) is 18.5 Å². The maximum absolute atomic E-state index is 12.3. The highest BCUT2D eigenvalue weighted by atomic mass is 19.4. The molecule has 116 valence electrons. The number of aromatic nitrogens is 1. The molecule has 21 heavy (non-hydrogen) atoms. The Kier molecular flexibility index (Phi) is 4.44. The Morgan fingerprint density at radius 3 is 2.05 bits per heavy atom. The van der Waals surface area contributed by atoms with Crippen LogP contribution in [0.25, 0.3) is 0 Å². The lowest BCUT2D eigenvalue weighted by Gasteiger charge is -2.21. The summed E-state index contributed by atoms with van der Waals surface area (Å²) in [6.45, 7) is 0. The summed E-state index contributed by atoms with van der Waals surface area (Å²) in [5.41, 5.74) is -1.11. The van der Waals surface area contributed by atoms with Gasteiger partial charge in [-0.25, -0.2) is 4.79 Å². The third-order valence-electron chi connectivity index (χ3n) is 2.17. The molecular formula is C10H6F6N2O3. The zero-order valence-corrected chi connectivity index (χ0v) is 9.79. The van der Waals surface area contributed by atoms with Gasteiger partial charge in [0.15, 0.2) is 0 Å². The van der Waals surface area contributed by atoms with Gasteiger partial charge in [0.25, 0.3) is 0 Å². The van der Waals surface area contributed by atoms with Gasteiger partial charge in [0.1, 0.15) is 0 Å². The van der Waals surface area contributed by atoms with Crippen LogP contribution in [-0.2, 0) is 4.79 Å². The van der Waals surface area contributed by atoms with Gasteiger partial charge < -0.3 is 10.4 Å². The quantitative estimate of drug-likeness (QED) is 0.840.